The lowest BCUT2D eigenvalue weighted by atomic mass is 9.57. The van der Waals surface area contributed by atoms with E-state index >= 15 is 0 Å². The number of aliphatic hydroxyl groups is 1. The molecule has 2 N–H and O–H groups in total. The number of benzene rings is 1. The summed E-state index contributed by atoms with van der Waals surface area (Å²) in [5.41, 5.74) is -0.0237. The van der Waals surface area contributed by atoms with Crippen LogP contribution in [0, 0.1) is 24.2 Å². The fourth-order valence-corrected chi connectivity index (χ4v) is 9.46. The normalized spacial score (nSPS) is 29.9. The van der Waals surface area contributed by atoms with Crippen LogP contribution >= 0.6 is 0 Å². The smallest absolute Gasteiger partial charge is 0.229 e. The molecule has 1 aromatic carbocycles. The van der Waals surface area contributed by atoms with Crippen molar-refractivity contribution >= 4 is 29.2 Å². The van der Waals surface area contributed by atoms with Gasteiger partial charge in [-0.3, -0.25) is 14.5 Å². The molecular weight excluding hydrogens is 592 g/mol. The standard InChI is InChI=1S/C37H52N6O4/c1-26-7-10-29(44)21-27(26)8-9-28-22-30(45)24-36(2)31(28)11-12-37(36,47)32(46)25-40-17-19-42(20-18-40)34-23-33(41-13-3-4-14-41)38-35(39-34)43-15-5-6-16-43/h7,10,21,23,28,31,44,47H,3-6,8-9,11-20,22,24-25H2,1-2H3/t28?,31?,36?,37-/m0/s1. The van der Waals surface area contributed by atoms with E-state index in [1.807, 2.05) is 26.0 Å². The van der Waals surface area contributed by atoms with Crippen molar-refractivity contribution in [2.75, 3.05) is 73.6 Å². The van der Waals surface area contributed by atoms with Crippen LogP contribution in [0.25, 0.3) is 0 Å². The van der Waals surface area contributed by atoms with Gasteiger partial charge < -0.3 is 24.9 Å². The Balaban J connectivity index is 1.00. The predicted octanol–water partition coefficient (Wildman–Crippen LogP) is 4.14. The molecule has 0 radical (unpaired) electrons. The lowest BCUT2D eigenvalue weighted by Gasteiger charge is -2.48. The van der Waals surface area contributed by atoms with Gasteiger partial charge in [0.05, 0.1) is 6.54 Å². The molecule has 47 heavy (non-hydrogen) atoms. The van der Waals surface area contributed by atoms with Crippen molar-refractivity contribution in [2.45, 2.75) is 83.7 Å². The number of phenols is 1. The number of hydrogen-bond donors (Lipinski definition) is 2. The Morgan fingerprint density at radius 3 is 2.23 bits per heavy atom. The molecule has 254 valence electrons. The lowest BCUT2D eigenvalue weighted by molar-refractivity contribution is -0.160. The number of anilines is 3. The zero-order valence-corrected chi connectivity index (χ0v) is 28.3. The van der Waals surface area contributed by atoms with Crippen LogP contribution < -0.4 is 14.7 Å². The van der Waals surface area contributed by atoms with Gasteiger partial charge in [-0.05, 0) is 93.4 Å². The van der Waals surface area contributed by atoms with Crippen molar-refractivity contribution in [3.63, 3.8) is 0 Å². The summed E-state index contributed by atoms with van der Waals surface area (Å²) in [6.45, 7) is 11.3. The molecule has 7 rings (SSSR count). The van der Waals surface area contributed by atoms with Crippen molar-refractivity contribution in [1.82, 2.24) is 14.9 Å². The van der Waals surface area contributed by atoms with E-state index in [2.05, 4.69) is 25.7 Å². The number of aryl methyl sites for hydroxylation is 2. The van der Waals surface area contributed by atoms with Gasteiger partial charge in [0.15, 0.2) is 5.78 Å². The number of phenolic OH excluding ortho intramolecular Hbond substituents is 1. The first kappa shape index (κ1) is 32.3. The monoisotopic (exact) mass is 644 g/mol. The highest BCUT2D eigenvalue weighted by Gasteiger charge is 2.63. The minimum atomic E-state index is -1.49. The topological polar surface area (TPSA) is 113 Å². The summed E-state index contributed by atoms with van der Waals surface area (Å²) in [5, 5.41) is 22.2. The number of Topliss-reactive ketones (excluding diaryl/α,β-unsaturated/α-hetero) is 2. The molecule has 10 heteroatoms. The van der Waals surface area contributed by atoms with E-state index in [-0.39, 0.29) is 42.1 Å². The quantitative estimate of drug-likeness (QED) is 0.413. The van der Waals surface area contributed by atoms with Crippen molar-refractivity contribution in [2.24, 2.45) is 17.3 Å². The molecule has 10 nitrogen and oxygen atoms in total. The van der Waals surface area contributed by atoms with E-state index in [1.54, 1.807) is 6.07 Å². The average molecular weight is 645 g/mol. The fourth-order valence-electron chi connectivity index (χ4n) is 9.46. The molecule has 2 aromatic rings. The summed E-state index contributed by atoms with van der Waals surface area (Å²) in [5.74, 6) is 3.34. The summed E-state index contributed by atoms with van der Waals surface area (Å²) in [6.07, 6.45) is 8.29. The maximum absolute atomic E-state index is 14.0. The average Bonchev–Trinajstić information content (AvgIpc) is 3.84. The van der Waals surface area contributed by atoms with E-state index in [1.165, 1.54) is 25.7 Å². The molecule has 5 fully saturated rings. The van der Waals surface area contributed by atoms with Gasteiger partial charge in [0, 0.05) is 76.7 Å². The number of carbonyl (C=O) groups is 2. The van der Waals surface area contributed by atoms with Gasteiger partial charge in [0.1, 0.15) is 28.8 Å². The number of nitrogens with zero attached hydrogens (tertiary/aromatic N) is 6. The second kappa shape index (κ2) is 13.0. The first-order chi connectivity index (χ1) is 22.6. The third kappa shape index (κ3) is 6.23. The predicted molar refractivity (Wildman–Crippen MR) is 183 cm³/mol. The van der Waals surface area contributed by atoms with Crippen LogP contribution in [0.3, 0.4) is 0 Å². The molecular formula is C37H52N6O4. The SMILES string of the molecule is Cc1ccc(O)cc1CCC1CC(=O)CC2(C)C1CC[C@]2(O)C(=O)CN1CCN(c2cc(N3CCCC3)nc(N3CCCC3)n2)CC1. The highest BCUT2D eigenvalue weighted by molar-refractivity contribution is 5.92. The maximum atomic E-state index is 14.0. The minimum absolute atomic E-state index is 0.121. The highest BCUT2D eigenvalue weighted by atomic mass is 16.3. The zero-order chi connectivity index (χ0) is 32.8. The van der Waals surface area contributed by atoms with Gasteiger partial charge in [0.2, 0.25) is 5.95 Å². The van der Waals surface area contributed by atoms with Gasteiger partial charge in [-0.15, -0.1) is 0 Å². The van der Waals surface area contributed by atoms with Crippen molar-refractivity contribution in [3.8, 4) is 5.75 Å². The second-order valence-corrected chi connectivity index (χ2v) is 15.2. The molecule has 4 atom stereocenters. The minimum Gasteiger partial charge on any atom is -0.508 e. The van der Waals surface area contributed by atoms with Gasteiger partial charge in [-0.25, -0.2) is 0 Å². The molecule has 2 aliphatic carbocycles. The molecule has 5 aliphatic rings. The summed E-state index contributed by atoms with van der Waals surface area (Å²) in [4.78, 5) is 46.4. The van der Waals surface area contributed by atoms with Crippen molar-refractivity contribution in [1.29, 1.82) is 0 Å². The van der Waals surface area contributed by atoms with Crippen molar-refractivity contribution in [3.05, 3.63) is 35.4 Å². The Bertz CT molecular complexity index is 1450. The molecule has 0 spiro atoms. The second-order valence-electron chi connectivity index (χ2n) is 15.2. The number of aromatic nitrogens is 2. The van der Waals surface area contributed by atoms with Crippen molar-refractivity contribution < 1.29 is 19.8 Å². The largest absolute Gasteiger partial charge is 0.508 e. The van der Waals surface area contributed by atoms with Crippen LogP contribution in [-0.4, -0.2) is 101 Å². The summed E-state index contributed by atoms with van der Waals surface area (Å²) in [7, 11) is 0. The van der Waals surface area contributed by atoms with E-state index in [0.717, 1.165) is 100 Å². The Morgan fingerprint density at radius 2 is 1.55 bits per heavy atom. The molecule has 3 unspecified atom stereocenters. The van der Waals surface area contributed by atoms with Crippen LogP contribution in [-0.2, 0) is 16.0 Å². The number of rotatable bonds is 9. The molecule has 0 amide bonds. The summed E-state index contributed by atoms with van der Waals surface area (Å²) >= 11 is 0. The molecule has 2 saturated carbocycles. The molecule has 3 aliphatic heterocycles. The van der Waals surface area contributed by atoms with E-state index in [9.17, 15) is 19.8 Å². The Labute approximate surface area is 279 Å². The highest BCUT2D eigenvalue weighted by Crippen LogP contribution is 2.59. The number of fused-ring (bicyclic) bond motifs is 1. The molecule has 0 bridgehead atoms. The molecule has 4 heterocycles. The van der Waals surface area contributed by atoms with Crippen LogP contribution in [0.5, 0.6) is 5.75 Å². The first-order valence-electron chi connectivity index (χ1n) is 18.1. The maximum Gasteiger partial charge on any atom is 0.229 e. The van der Waals surface area contributed by atoms with Gasteiger partial charge in [0.25, 0.3) is 0 Å². The number of ketones is 2. The Kier molecular flexibility index (Phi) is 8.93. The summed E-state index contributed by atoms with van der Waals surface area (Å²) in [6, 6.07) is 7.59. The van der Waals surface area contributed by atoms with Gasteiger partial charge >= 0.3 is 0 Å². The first-order valence-corrected chi connectivity index (χ1v) is 18.1. The lowest BCUT2D eigenvalue weighted by Crippen LogP contribution is -2.58. The van der Waals surface area contributed by atoms with Crippen LogP contribution in [0.4, 0.5) is 17.6 Å². The van der Waals surface area contributed by atoms with E-state index < -0.39 is 11.0 Å². The third-order valence-corrected chi connectivity index (χ3v) is 12.4. The van der Waals surface area contributed by atoms with E-state index in [0.29, 0.717) is 12.8 Å². The van der Waals surface area contributed by atoms with Crippen LogP contribution in [0.15, 0.2) is 24.3 Å². The molecule has 3 saturated heterocycles. The van der Waals surface area contributed by atoms with E-state index in [4.69, 9.17) is 9.97 Å². The number of piperazine rings is 1. The fraction of sp³-hybridized carbons (Fsp3) is 0.676. The number of aromatic hydroxyl groups is 1. The van der Waals surface area contributed by atoms with Gasteiger partial charge in [-0.2, -0.15) is 9.97 Å². The number of carbonyl (C=O) groups excluding carboxylic acids is 2. The number of hydrogen-bond acceptors (Lipinski definition) is 10. The Hall–Kier alpha value is -3.24. The zero-order valence-electron chi connectivity index (χ0n) is 28.3. The van der Waals surface area contributed by atoms with Gasteiger partial charge in [-0.1, -0.05) is 13.0 Å². The third-order valence-electron chi connectivity index (χ3n) is 12.4. The van der Waals surface area contributed by atoms with Crippen LogP contribution in [0.1, 0.15) is 75.8 Å². The molecule has 1 aromatic heterocycles. The Morgan fingerprint density at radius 1 is 0.915 bits per heavy atom. The van der Waals surface area contributed by atoms with Crippen LogP contribution in [0.2, 0.25) is 0 Å². The summed E-state index contributed by atoms with van der Waals surface area (Å²) < 4.78 is 0.